The van der Waals surface area contributed by atoms with E-state index in [9.17, 15) is 0 Å². The molecule has 17 heavy (non-hydrogen) atoms. The summed E-state index contributed by atoms with van der Waals surface area (Å²) in [7, 11) is 0. The van der Waals surface area contributed by atoms with Gasteiger partial charge in [0.25, 0.3) is 0 Å². The van der Waals surface area contributed by atoms with E-state index in [1.807, 2.05) is 17.8 Å². The van der Waals surface area contributed by atoms with E-state index < -0.39 is 0 Å². The molecule has 0 aliphatic heterocycles. The lowest BCUT2D eigenvalue weighted by atomic mass is 9.86. The Hall–Kier alpha value is -1.19. The van der Waals surface area contributed by atoms with Crippen LogP contribution in [0.5, 0.6) is 0 Å². The summed E-state index contributed by atoms with van der Waals surface area (Å²) >= 11 is 1.68. The minimum Gasteiger partial charge on any atom is -0.324 e. The number of nitrogens with zero attached hydrogens (tertiary/aromatic N) is 1. The number of aromatic nitrogens is 1. The van der Waals surface area contributed by atoms with Crippen molar-refractivity contribution in [2.75, 3.05) is 0 Å². The molecule has 0 amide bonds. The number of thiazole rings is 1. The third-order valence-electron chi connectivity index (χ3n) is 3.11. The Bertz CT molecular complexity index is 439. The molecule has 0 radical (unpaired) electrons. The van der Waals surface area contributed by atoms with E-state index in [1.54, 1.807) is 11.3 Å². The lowest BCUT2D eigenvalue weighted by molar-refractivity contribution is 0.406. The first-order valence-electron chi connectivity index (χ1n) is 5.92. The zero-order valence-electron chi connectivity index (χ0n) is 10.1. The van der Waals surface area contributed by atoms with Gasteiger partial charge in [0.05, 0.1) is 5.51 Å². The Morgan fingerprint density at radius 1 is 1.24 bits per heavy atom. The van der Waals surface area contributed by atoms with Crippen LogP contribution in [0.1, 0.15) is 23.8 Å². The first-order chi connectivity index (χ1) is 8.22. The number of nitrogens with two attached hydrogens (primary N) is 1. The van der Waals surface area contributed by atoms with Crippen molar-refractivity contribution >= 4 is 11.3 Å². The number of rotatable bonds is 5. The number of benzene rings is 1. The Kier molecular flexibility index (Phi) is 3.92. The molecule has 0 aliphatic carbocycles. The second-order valence-electron chi connectivity index (χ2n) is 4.52. The summed E-state index contributed by atoms with van der Waals surface area (Å²) in [4.78, 5) is 5.38. The molecule has 2 nitrogen and oxygen atoms in total. The van der Waals surface area contributed by atoms with E-state index in [1.165, 1.54) is 10.4 Å². The van der Waals surface area contributed by atoms with Crippen LogP contribution in [0.2, 0.25) is 0 Å². The molecule has 2 N–H and O–H groups in total. The molecule has 0 bridgehead atoms. The molecule has 1 aromatic carbocycles. The van der Waals surface area contributed by atoms with Crippen LogP contribution in [-0.4, -0.2) is 10.5 Å². The van der Waals surface area contributed by atoms with Crippen LogP contribution < -0.4 is 5.73 Å². The lowest BCUT2D eigenvalue weighted by Crippen LogP contribution is -2.43. The largest absolute Gasteiger partial charge is 0.324 e. The summed E-state index contributed by atoms with van der Waals surface area (Å²) < 4.78 is 0. The molecule has 0 saturated heterocycles. The predicted octanol–water partition coefficient (Wildman–Crippen LogP) is 3.04. The molecule has 1 atom stereocenters. The zero-order chi connectivity index (χ0) is 12.1. The van der Waals surface area contributed by atoms with Gasteiger partial charge >= 0.3 is 0 Å². The molecular formula is C14H18N2S. The van der Waals surface area contributed by atoms with Crippen LogP contribution in [-0.2, 0) is 12.8 Å². The summed E-state index contributed by atoms with van der Waals surface area (Å²) in [6.45, 7) is 2.16. The van der Waals surface area contributed by atoms with E-state index in [4.69, 9.17) is 5.73 Å². The van der Waals surface area contributed by atoms with Crippen LogP contribution >= 0.6 is 11.3 Å². The van der Waals surface area contributed by atoms with Gasteiger partial charge in [0.15, 0.2) is 0 Å². The van der Waals surface area contributed by atoms with E-state index in [0.29, 0.717) is 0 Å². The molecule has 1 aromatic heterocycles. The fourth-order valence-corrected chi connectivity index (χ4v) is 2.74. The van der Waals surface area contributed by atoms with E-state index in [2.05, 4.69) is 36.2 Å². The maximum atomic E-state index is 6.50. The molecule has 1 unspecified atom stereocenters. The van der Waals surface area contributed by atoms with Crippen LogP contribution in [0, 0.1) is 0 Å². The van der Waals surface area contributed by atoms with E-state index in [0.717, 1.165) is 19.3 Å². The zero-order valence-corrected chi connectivity index (χ0v) is 10.9. The molecule has 0 saturated carbocycles. The molecule has 2 aromatic rings. The quantitative estimate of drug-likeness (QED) is 0.880. The van der Waals surface area contributed by atoms with Gasteiger partial charge in [0.2, 0.25) is 0 Å². The predicted molar refractivity (Wildman–Crippen MR) is 73.2 cm³/mol. The Balaban J connectivity index is 2.09. The van der Waals surface area contributed by atoms with Crippen LogP contribution in [0.15, 0.2) is 42.0 Å². The molecule has 90 valence electrons. The highest BCUT2D eigenvalue weighted by atomic mass is 32.1. The highest BCUT2D eigenvalue weighted by Crippen LogP contribution is 2.21. The smallest absolute Gasteiger partial charge is 0.0794 e. The van der Waals surface area contributed by atoms with Gasteiger partial charge in [0, 0.05) is 23.0 Å². The van der Waals surface area contributed by atoms with E-state index >= 15 is 0 Å². The van der Waals surface area contributed by atoms with Crippen molar-refractivity contribution in [1.82, 2.24) is 4.98 Å². The summed E-state index contributed by atoms with van der Waals surface area (Å²) in [6.07, 6.45) is 4.72. The molecule has 1 heterocycles. The fourth-order valence-electron chi connectivity index (χ4n) is 1.99. The SMILES string of the molecule is CCC(N)(Cc1ccccc1)Cc1cncs1. The molecule has 0 spiro atoms. The van der Waals surface area contributed by atoms with Crippen LogP contribution in [0.3, 0.4) is 0 Å². The highest BCUT2D eigenvalue weighted by molar-refractivity contribution is 7.09. The van der Waals surface area contributed by atoms with Gasteiger partial charge in [-0.05, 0) is 18.4 Å². The van der Waals surface area contributed by atoms with E-state index in [-0.39, 0.29) is 5.54 Å². The van der Waals surface area contributed by atoms with Gasteiger partial charge in [-0.2, -0.15) is 0 Å². The maximum Gasteiger partial charge on any atom is 0.0794 e. The van der Waals surface area contributed by atoms with Gasteiger partial charge in [0.1, 0.15) is 0 Å². The Morgan fingerprint density at radius 2 is 2.00 bits per heavy atom. The first kappa shape index (κ1) is 12.3. The van der Waals surface area contributed by atoms with Crippen molar-refractivity contribution in [2.24, 2.45) is 5.73 Å². The monoisotopic (exact) mass is 246 g/mol. The van der Waals surface area contributed by atoms with Gasteiger partial charge in [-0.25, -0.2) is 0 Å². The van der Waals surface area contributed by atoms with Crippen molar-refractivity contribution in [3.63, 3.8) is 0 Å². The first-order valence-corrected chi connectivity index (χ1v) is 6.80. The number of hydrogen-bond donors (Lipinski definition) is 1. The standard InChI is InChI=1S/C14H18N2S/c1-2-14(15,9-13-10-16-11-17-13)8-12-6-4-3-5-7-12/h3-7,10-11H,2,8-9,15H2,1H3. The van der Waals surface area contributed by atoms with Gasteiger partial charge in [-0.3, -0.25) is 4.98 Å². The normalized spacial score (nSPS) is 14.5. The summed E-state index contributed by atoms with van der Waals surface area (Å²) in [5.74, 6) is 0. The summed E-state index contributed by atoms with van der Waals surface area (Å²) in [5.41, 5.74) is 9.52. The molecule has 0 aliphatic rings. The highest BCUT2D eigenvalue weighted by Gasteiger charge is 2.24. The Morgan fingerprint density at radius 3 is 2.59 bits per heavy atom. The fraction of sp³-hybridized carbons (Fsp3) is 0.357. The third-order valence-corrected chi connectivity index (χ3v) is 3.89. The maximum absolute atomic E-state index is 6.50. The van der Waals surface area contributed by atoms with Gasteiger partial charge < -0.3 is 5.73 Å². The second kappa shape index (κ2) is 5.43. The topological polar surface area (TPSA) is 38.9 Å². The summed E-state index contributed by atoms with van der Waals surface area (Å²) in [6, 6.07) is 10.5. The average Bonchev–Trinajstić information content (AvgIpc) is 2.83. The molecule has 3 heteroatoms. The van der Waals surface area contributed by atoms with Crippen molar-refractivity contribution in [3.05, 3.63) is 52.5 Å². The van der Waals surface area contributed by atoms with Crippen molar-refractivity contribution < 1.29 is 0 Å². The summed E-state index contributed by atoms with van der Waals surface area (Å²) in [5, 5.41) is 0. The van der Waals surface area contributed by atoms with Gasteiger partial charge in [-0.15, -0.1) is 11.3 Å². The third kappa shape index (κ3) is 3.38. The Labute approximate surface area is 107 Å². The van der Waals surface area contributed by atoms with Crippen molar-refractivity contribution in [1.29, 1.82) is 0 Å². The van der Waals surface area contributed by atoms with Crippen molar-refractivity contribution in [2.45, 2.75) is 31.7 Å². The minimum absolute atomic E-state index is 0.159. The van der Waals surface area contributed by atoms with Crippen LogP contribution in [0.4, 0.5) is 0 Å². The molecule has 2 rings (SSSR count). The van der Waals surface area contributed by atoms with Crippen LogP contribution in [0.25, 0.3) is 0 Å². The second-order valence-corrected chi connectivity index (χ2v) is 5.49. The van der Waals surface area contributed by atoms with Crippen molar-refractivity contribution in [3.8, 4) is 0 Å². The molecular weight excluding hydrogens is 228 g/mol. The van der Waals surface area contributed by atoms with Gasteiger partial charge in [-0.1, -0.05) is 37.3 Å². The number of hydrogen-bond acceptors (Lipinski definition) is 3. The minimum atomic E-state index is -0.159. The average molecular weight is 246 g/mol. The molecule has 0 fully saturated rings. The lowest BCUT2D eigenvalue weighted by Gasteiger charge is -2.27.